The third-order valence-corrected chi connectivity index (χ3v) is 3.14. The summed E-state index contributed by atoms with van der Waals surface area (Å²) in [5.41, 5.74) is 1.27. The monoisotopic (exact) mass is 345 g/mol. The Morgan fingerprint density at radius 1 is 1.35 bits per heavy atom. The van der Waals surface area contributed by atoms with Gasteiger partial charge in [0, 0.05) is 30.2 Å². The van der Waals surface area contributed by atoms with Gasteiger partial charge in [-0.05, 0) is 38.5 Å². The lowest BCUT2D eigenvalue weighted by molar-refractivity contribution is 0.0279. The van der Waals surface area contributed by atoms with Crippen LogP contribution in [0.25, 0.3) is 0 Å². The van der Waals surface area contributed by atoms with E-state index in [-0.39, 0.29) is 6.61 Å². The highest BCUT2D eigenvalue weighted by Crippen LogP contribution is 2.28. The SMILES string of the molecule is COCCNCc1cc(Br)cc(C)c1OCC(C)(C)O. The van der Waals surface area contributed by atoms with Gasteiger partial charge in [-0.25, -0.2) is 0 Å². The van der Waals surface area contributed by atoms with E-state index in [0.717, 1.165) is 27.9 Å². The molecule has 4 nitrogen and oxygen atoms in total. The lowest BCUT2D eigenvalue weighted by atomic mass is 10.1. The van der Waals surface area contributed by atoms with Crippen molar-refractivity contribution in [2.75, 3.05) is 26.9 Å². The molecule has 0 atom stereocenters. The van der Waals surface area contributed by atoms with E-state index in [1.807, 2.05) is 19.1 Å². The molecule has 0 radical (unpaired) electrons. The Morgan fingerprint density at radius 3 is 2.65 bits per heavy atom. The second-order valence-corrected chi connectivity index (χ2v) is 6.40. The zero-order valence-corrected chi connectivity index (χ0v) is 14.2. The predicted octanol–water partition coefficient (Wildman–Crippen LogP) is 2.64. The summed E-state index contributed by atoms with van der Waals surface area (Å²) >= 11 is 3.50. The van der Waals surface area contributed by atoms with Crippen LogP contribution >= 0.6 is 15.9 Å². The smallest absolute Gasteiger partial charge is 0.126 e. The molecular formula is C15H24BrNO3. The van der Waals surface area contributed by atoms with E-state index in [4.69, 9.17) is 9.47 Å². The number of rotatable bonds is 8. The molecule has 0 aromatic heterocycles. The summed E-state index contributed by atoms with van der Waals surface area (Å²) in [5.74, 6) is 0.834. The second kappa shape index (κ2) is 7.98. The normalized spacial score (nSPS) is 11.7. The first-order chi connectivity index (χ1) is 9.33. The fourth-order valence-electron chi connectivity index (χ4n) is 1.78. The maximum atomic E-state index is 9.79. The highest BCUT2D eigenvalue weighted by Gasteiger charge is 2.16. The van der Waals surface area contributed by atoms with Crippen molar-refractivity contribution in [3.05, 3.63) is 27.7 Å². The summed E-state index contributed by atoms with van der Waals surface area (Å²) in [4.78, 5) is 0. The van der Waals surface area contributed by atoms with Gasteiger partial charge in [0.25, 0.3) is 0 Å². The van der Waals surface area contributed by atoms with Gasteiger partial charge in [0.15, 0.2) is 0 Å². The average molecular weight is 346 g/mol. The molecule has 0 saturated heterocycles. The third kappa shape index (κ3) is 6.22. The Bertz CT molecular complexity index is 430. The highest BCUT2D eigenvalue weighted by molar-refractivity contribution is 9.10. The zero-order chi connectivity index (χ0) is 15.2. The van der Waals surface area contributed by atoms with Crippen molar-refractivity contribution in [2.45, 2.75) is 32.9 Å². The van der Waals surface area contributed by atoms with Crippen molar-refractivity contribution in [3.63, 3.8) is 0 Å². The molecule has 0 aliphatic carbocycles. The third-order valence-electron chi connectivity index (χ3n) is 2.68. The van der Waals surface area contributed by atoms with E-state index in [9.17, 15) is 5.11 Å². The first-order valence-corrected chi connectivity index (χ1v) is 7.46. The fourth-order valence-corrected chi connectivity index (χ4v) is 2.40. The molecule has 0 fully saturated rings. The van der Waals surface area contributed by atoms with Gasteiger partial charge in [-0.3, -0.25) is 0 Å². The van der Waals surface area contributed by atoms with Gasteiger partial charge in [0.1, 0.15) is 12.4 Å². The maximum Gasteiger partial charge on any atom is 0.126 e. The van der Waals surface area contributed by atoms with Crippen LogP contribution in [0.15, 0.2) is 16.6 Å². The standard InChI is InChI=1S/C15H24BrNO3/c1-11-7-13(16)8-12(9-17-5-6-19-4)14(11)20-10-15(2,3)18/h7-8,17-18H,5-6,9-10H2,1-4H3. The van der Waals surface area contributed by atoms with Crippen LogP contribution in [0.3, 0.4) is 0 Å². The number of benzene rings is 1. The van der Waals surface area contributed by atoms with Crippen molar-refractivity contribution in [1.29, 1.82) is 0 Å². The summed E-state index contributed by atoms with van der Waals surface area (Å²) in [6.45, 7) is 7.89. The molecular weight excluding hydrogens is 322 g/mol. The van der Waals surface area contributed by atoms with Gasteiger partial charge in [0.05, 0.1) is 12.2 Å². The molecule has 0 saturated carbocycles. The van der Waals surface area contributed by atoms with Crippen molar-refractivity contribution in [1.82, 2.24) is 5.32 Å². The molecule has 0 unspecified atom stereocenters. The van der Waals surface area contributed by atoms with Gasteiger partial charge < -0.3 is 19.9 Å². The molecule has 1 aromatic rings. The van der Waals surface area contributed by atoms with Gasteiger partial charge in [0.2, 0.25) is 0 Å². The van der Waals surface area contributed by atoms with Crippen LogP contribution in [0.4, 0.5) is 0 Å². The predicted molar refractivity (Wildman–Crippen MR) is 84.3 cm³/mol. The quantitative estimate of drug-likeness (QED) is 0.711. The molecule has 114 valence electrons. The Morgan fingerprint density at radius 2 is 2.05 bits per heavy atom. The van der Waals surface area contributed by atoms with E-state index < -0.39 is 5.60 Å². The molecule has 1 aromatic carbocycles. The number of hydrogen-bond donors (Lipinski definition) is 2. The molecule has 1 rings (SSSR count). The minimum Gasteiger partial charge on any atom is -0.490 e. The number of halogens is 1. The summed E-state index contributed by atoms with van der Waals surface area (Å²) in [6.07, 6.45) is 0. The second-order valence-electron chi connectivity index (χ2n) is 5.48. The van der Waals surface area contributed by atoms with E-state index in [2.05, 4.69) is 21.2 Å². The molecule has 0 aliphatic heterocycles. The zero-order valence-electron chi connectivity index (χ0n) is 12.6. The average Bonchev–Trinajstić information content (AvgIpc) is 2.32. The van der Waals surface area contributed by atoms with E-state index in [1.54, 1.807) is 21.0 Å². The molecule has 0 aliphatic rings. The number of aryl methyl sites for hydroxylation is 1. The highest BCUT2D eigenvalue weighted by atomic mass is 79.9. The van der Waals surface area contributed by atoms with Gasteiger partial charge in [-0.15, -0.1) is 0 Å². The van der Waals surface area contributed by atoms with Crippen molar-refractivity contribution < 1.29 is 14.6 Å². The first-order valence-electron chi connectivity index (χ1n) is 6.67. The summed E-state index contributed by atoms with van der Waals surface area (Å²) < 4.78 is 11.8. The van der Waals surface area contributed by atoms with Crippen molar-refractivity contribution in [3.8, 4) is 5.75 Å². The van der Waals surface area contributed by atoms with E-state index in [0.29, 0.717) is 13.2 Å². The van der Waals surface area contributed by atoms with Gasteiger partial charge >= 0.3 is 0 Å². The molecule has 0 heterocycles. The number of nitrogens with one attached hydrogen (secondary N) is 1. The Labute approximate surface area is 129 Å². The number of aliphatic hydroxyl groups is 1. The first kappa shape index (κ1) is 17.4. The van der Waals surface area contributed by atoms with Gasteiger partial charge in [-0.1, -0.05) is 15.9 Å². The topological polar surface area (TPSA) is 50.7 Å². The minimum atomic E-state index is -0.847. The minimum absolute atomic E-state index is 0.264. The molecule has 2 N–H and O–H groups in total. The van der Waals surface area contributed by atoms with Crippen molar-refractivity contribution in [2.24, 2.45) is 0 Å². The lowest BCUT2D eigenvalue weighted by Crippen LogP contribution is -2.28. The fraction of sp³-hybridized carbons (Fsp3) is 0.600. The molecule has 20 heavy (non-hydrogen) atoms. The number of methoxy groups -OCH3 is 1. The van der Waals surface area contributed by atoms with Crippen LogP contribution in [0.5, 0.6) is 5.75 Å². The largest absolute Gasteiger partial charge is 0.490 e. The summed E-state index contributed by atoms with van der Waals surface area (Å²) in [6, 6.07) is 4.05. The molecule has 0 spiro atoms. The van der Waals surface area contributed by atoms with Crippen LogP contribution in [0.2, 0.25) is 0 Å². The van der Waals surface area contributed by atoms with Crippen LogP contribution in [-0.4, -0.2) is 37.6 Å². The molecule has 0 amide bonds. The van der Waals surface area contributed by atoms with E-state index >= 15 is 0 Å². The Balaban J connectivity index is 2.79. The van der Waals surface area contributed by atoms with Crippen LogP contribution in [0, 0.1) is 6.92 Å². The summed E-state index contributed by atoms with van der Waals surface area (Å²) in [5, 5.41) is 13.1. The summed E-state index contributed by atoms with van der Waals surface area (Å²) in [7, 11) is 1.68. The maximum absolute atomic E-state index is 9.79. The van der Waals surface area contributed by atoms with E-state index in [1.165, 1.54) is 0 Å². The number of ether oxygens (including phenoxy) is 2. The van der Waals surface area contributed by atoms with Crippen LogP contribution < -0.4 is 10.1 Å². The number of hydrogen-bond acceptors (Lipinski definition) is 4. The lowest BCUT2D eigenvalue weighted by Gasteiger charge is -2.21. The molecule has 0 bridgehead atoms. The molecule has 5 heteroatoms. The Hall–Kier alpha value is -0.620. The van der Waals surface area contributed by atoms with Crippen LogP contribution in [0.1, 0.15) is 25.0 Å². The van der Waals surface area contributed by atoms with Gasteiger partial charge in [-0.2, -0.15) is 0 Å². The Kier molecular flexibility index (Phi) is 6.95. The van der Waals surface area contributed by atoms with Crippen molar-refractivity contribution >= 4 is 15.9 Å². The van der Waals surface area contributed by atoms with Crippen LogP contribution in [-0.2, 0) is 11.3 Å².